The molecule has 0 amide bonds. The van der Waals surface area contributed by atoms with E-state index in [2.05, 4.69) is 0 Å². The molecule has 0 saturated carbocycles. The summed E-state index contributed by atoms with van der Waals surface area (Å²) in [6, 6.07) is 1.73. The van der Waals surface area contributed by atoms with Gasteiger partial charge >= 0.3 is 0 Å². The van der Waals surface area contributed by atoms with Crippen LogP contribution in [0, 0.1) is 11.3 Å². The molecule has 0 spiro atoms. The van der Waals surface area contributed by atoms with Crippen molar-refractivity contribution in [3.63, 3.8) is 0 Å². The summed E-state index contributed by atoms with van der Waals surface area (Å²) in [4.78, 5) is 0. The maximum atomic E-state index is 8.11. The third-order valence-corrected chi connectivity index (χ3v) is 1.27. The van der Waals surface area contributed by atoms with Crippen LogP contribution in [0.4, 0.5) is 0 Å². The van der Waals surface area contributed by atoms with Crippen LogP contribution in [0.5, 0.6) is 0 Å². The fourth-order valence-electron chi connectivity index (χ4n) is 0.165. The summed E-state index contributed by atoms with van der Waals surface area (Å²) in [5.74, 6) is 0. The van der Waals surface area contributed by atoms with E-state index in [1.54, 1.807) is 12.3 Å². The van der Waals surface area contributed by atoms with E-state index in [1.165, 1.54) is 11.8 Å². The van der Waals surface area contributed by atoms with Crippen LogP contribution in [0.25, 0.3) is 0 Å². The summed E-state index contributed by atoms with van der Waals surface area (Å²) in [7, 11) is 0. The van der Waals surface area contributed by atoms with E-state index in [1.807, 2.05) is 0 Å². The molecular formula is C4H7N3S. The van der Waals surface area contributed by atoms with E-state index in [0.717, 1.165) is 0 Å². The molecule has 0 aromatic rings. The van der Waals surface area contributed by atoms with Crippen molar-refractivity contribution in [2.24, 2.45) is 11.5 Å². The Bertz CT molecular complexity index is 144. The fraction of sp³-hybridized carbons (Fsp3) is 0.250. The van der Waals surface area contributed by atoms with Crippen LogP contribution in [0.2, 0.25) is 0 Å². The first-order valence-electron chi connectivity index (χ1n) is 1.91. The van der Waals surface area contributed by atoms with E-state index in [9.17, 15) is 0 Å². The Morgan fingerprint density at radius 1 is 1.62 bits per heavy atom. The van der Waals surface area contributed by atoms with E-state index in [0.29, 0.717) is 5.03 Å². The lowest BCUT2D eigenvalue weighted by atomic mass is 10.5. The summed E-state index contributed by atoms with van der Waals surface area (Å²) >= 11 is 1.27. The van der Waals surface area contributed by atoms with Gasteiger partial charge in [0.1, 0.15) is 11.8 Å². The van der Waals surface area contributed by atoms with Gasteiger partial charge in [-0.2, -0.15) is 5.26 Å². The molecule has 0 bridgehead atoms. The van der Waals surface area contributed by atoms with Gasteiger partial charge in [0.25, 0.3) is 0 Å². The van der Waals surface area contributed by atoms with E-state index in [-0.39, 0.29) is 5.70 Å². The number of allylic oxidation sites excluding steroid dienone is 1. The average Bonchev–Trinajstić information content (AvgIpc) is 1.84. The minimum Gasteiger partial charge on any atom is -0.391 e. The zero-order chi connectivity index (χ0) is 6.57. The molecule has 0 aromatic heterocycles. The van der Waals surface area contributed by atoms with Crippen molar-refractivity contribution < 1.29 is 0 Å². The number of thioether (sulfide) groups is 1. The maximum absolute atomic E-state index is 8.11. The van der Waals surface area contributed by atoms with E-state index >= 15 is 0 Å². The molecule has 0 aliphatic heterocycles. The standard InChI is InChI=1S/C4H7N3S/c1-8-4(7)3(6)2-5/h6-7H2,1H3/b4-3-. The van der Waals surface area contributed by atoms with Gasteiger partial charge in [-0.15, -0.1) is 11.8 Å². The van der Waals surface area contributed by atoms with Crippen molar-refractivity contribution >= 4 is 11.8 Å². The predicted molar refractivity (Wildman–Crippen MR) is 34.5 cm³/mol. The summed E-state index contributed by atoms with van der Waals surface area (Å²) < 4.78 is 0. The second kappa shape index (κ2) is 3.22. The molecule has 0 fully saturated rings. The van der Waals surface area contributed by atoms with Crippen LogP contribution >= 0.6 is 11.8 Å². The SMILES string of the molecule is CS/C(N)=C(\N)C#N. The number of nitrogens with two attached hydrogens (primary N) is 2. The summed E-state index contributed by atoms with van der Waals surface area (Å²) in [6.07, 6.45) is 1.76. The molecule has 44 valence electrons. The molecular weight excluding hydrogens is 122 g/mol. The largest absolute Gasteiger partial charge is 0.391 e. The second-order valence-electron chi connectivity index (χ2n) is 1.09. The lowest BCUT2D eigenvalue weighted by Gasteiger charge is -1.92. The fourth-order valence-corrected chi connectivity index (χ4v) is 0.431. The Balaban J connectivity index is 4.10. The Morgan fingerprint density at radius 2 is 2.12 bits per heavy atom. The molecule has 0 heterocycles. The third kappa shape index (κ3) is 1.76. The van der Waals surface area contributed by atoms with Crippen molar-refractivity contribution in [2.45, 2.75) is 0 Å². The van der Waals surface area contributed by atoms with Gasteiger partial charge in [0, 0.05) is 0 Å². The highest BCUT2D eigenvalue weighted by Gasteiger charge is 1.91. The van der Waals surface area contributed by atoms with Gasteiger partial charge in [-0.3, -0.25) is 0 Å². The lowest BCUT2D eigenvalue weighted by molar-refractivity contribution is 1.33. The van der Waals surface area contributed by atoms with Crippen LogP contribution in [0.15, 0.2) is 10.7 Å². The molecule has 0 radical (unpaired) electrons. The first-order valence-corrected chi connectivity index (χ1v) is 3.14. The Labute approximate surface area is 52.3 Å². The predicted octanol–water partition coefficient (Wildman–Crippen LogP) is -0.0405. The molecule has 0 aliphatic carbocycles. The monoisotopic (exact) mass is 129 g/mol. The molecule has 4 heteroatoms. The molecule has 4 N–H and O–H groups in total. The molecule has 0 aromatic carbocycles. The van der Waals surface area contributed by atoms with Gasteiger partial charge in [0.15, 0.2) is 0 Å². The Morgan fingerprint density at radius 3 is 2.25 bits per heavy atom. The zero-order valence-electron chi connectivity index (χ0n) is 4.51. The topological polar surface area (TPSA) is 75.8 Å². The van der Waals surface area contributed by atoms with Crippen molar-refractivity contribution in [1.29, 1.82) is 5.26 Å². The maximum Gasteiger partial charge on any atom is 0.140 e. The Hall–Kier alpha value is -0.820. The van der Waals surface area contributed by atoms with E-state index < -0.39 is 0 Å². The molecule has 3 nitrogen and oxygen atoms in total. The quantitative estimate of drug-likeness (QED) is 0.487. The van der Waals surface area contributed by atoms with Gasteiger partial charge in [-0.25, -0.2) is 0 Å². The van der Waals surface area contributed by atoms with Gasteiger partial charge in [0.05, 0.1) is 5.03 Å². The minimum absolute atomic E-state index is 0.0949. The average molecular weight is 129 g/mol. The van der Waals surface area contributed by atoms with Crippen molar-refractivity contribution in [1.82, 2.24) is 0 Å². The molecule has 8 heavy (non-hydrogen) atoms. The summed E-state index contributed by atoms with van der Waals surface area (Å²) in [5, 5.41) is 8.49. The summed E-state index contributed by atoms with van der Waals surface area (Å²) in [6.45, 7) is 0. The number of nitrogens with zero attached hydrogens (tertiary/aromatic N) is 1. The second-order valence-corrected chi connectivity index (χ2v) is 1.94. The van der Waals surface area contributed by atoms with Crippen molar-refractivity contribution in [2.75, 3.05) is 6.26 Å². The molecule has 0 atom stereocenters. The first kappa shape index (κ1) is 7.18. The van der Waals surface area contributed by atoms with Crippen molar-refractivity contribution in [3.05, 3.63) is 10.7 Å². The summed E-state index contributed by atoms with van der Waals surface area (Å²) in [5.41, 5.74) is 10.4. The smallest absolute Gasteiger partial charge is 0.140 e. The molecule has 0 aliphatic rings. The normalized spacial score (nSPS) is 12.0. The zero-order valence-corrected chi connectivity index (χ0v) is 5.33. The van der Waals surface area contributed by atoms with Crippen molar-refractivity contribution in [3.8, 4) is 6.07 Å². The molecule has 0 unspecified atom stereocenters. The molecule has 0 rings (SSSR count). The van der Waals surface area contributed by atoms with Gasteiger partial charge < -0.3 is 11.5 Å². The molecule has 0 saturated heterocycles. The highest BCUT2D eigenvalue weighted by molar-refractivity contribution is 8.02. The first-order chi connectivity index (χ1) is 3.72. The number of hydrogen-bond acceptors (Lipinski definition) is 4. The number of nitriles is 1. The highest BCUT2D eigenvalue weighted by atomic mass is 32.2. The van der Waals surface area contributed by atoms with Crippen LogP contribution in [-0.2, 0) is 0 Å². The number of rotatable bonds is 1. The third-order valence-electron chi connectivity index (χ3n) is 0.606. The van der Waals surface area contributed by atoms with Gasteiger partial charge in [0.2, 0.25) is 0 Å². The van der Waals surface area contributed by atoms with Gasteiger partial charge in [-0.05, 0) is 6.26 Å². The van der Waals surface area contributed by atoms with E-state index in [4.69, 9.17) is 16.7 Å². The van der Waals surface area contributed by atoms with Crippen LogP contribution in [0.3, 0.4) is 0 Å². The Kier molecular flexibility index (Phi) is 2.89. The van der Waals surface area contributed by atoms with Crippen LogP contribution in [-0.4, -0.2) is 6.26 Å². The van der Waals surface area contributed by atoms with Gasteiger partial charge in [-0.1, -0.05) is 0 Å². The minimum atomic E-state index is 0.0949. The highest BCUT2D eigenvalue weighted by Crippen LogP contribution is 2.04. The van der Waals surface area contributed by atoms with Crippen LogP contribution < -0.4 is 11.5 Å². The van der Waals surface area contributed by atoms with Crippen LogP contribution in [0.1, 0.15) is 0 Å². The lowest BCUT2D eigenvalue weighted by Crippen LogP contribution is -2.04. The number of hydrogen-bond donors (Lipinski definition) is 2.